The van der Waals surface area contributed by atoms with Crippen LogP contribution in [0.15, 0.2) is 53.4 Å². The summed E-state index contributed by atoms with van der Waals surface area (Å²) in [6, 6.07) is 10.7. The van der Waals surface area contributed by atoms with Crippen LogP contribution in [0.25, 0.3) is 0 Å². The van der Waals surface area contributed by atoms with Crippen LogP contribution in [0.3, 0.4) is 0 Å². The number of ether oxygens (including phenoxy) is 1. The average Bonchev–Trinajstić information content (AvgIpc) is 2.74. The van der Waals surface area contributed by atoms with Crippen LogP contribution in [0.1, 0.15) is 11.1 Å². The molecule has 0 unspecified atom stereocenters. The molecule has 11 heteroatoms. The molecule has 0 aromatic heterocycles. The van der Waals surface area contributed by atoms with Crippen molar-refractivity contribution >= 4 is 21.6 Å². The number of anilines is 1. The maximum atomic E-state index is 12.6. The molecule has 0 spiro atoms. The summed E-state index contributed by atoms with van der Waals surface area (Å²) in [5.74, 6) is -0.330. The number of sulfonamides is 1. The number of morpholine rings is 1. The largest absolute Gasteiger partial charge is 0.416 e. The lowest BCUT2D eigenvalue weighted by atomic mass is 10.1. The van der Waals surface area contributed by atoms with Crippen molar-refractivity contribution in [2.24, 2.45) is 0 Å². The van der Waals surface area contributed by atoms with Gasteiger partial charge in [0.2, 0.25) is 15.9 Å². The van der Waals surface area contributed by atoms with E-state index in [4.69, 9.17) is 4.74 Å². The van der Waals surface area contributed by atoms with Gasteiger partial charge in [-0.25, -0.2) is 8.42 Å². The summed E-state index contributed by atoms with van der Waals surface area (Å²) in [5, 5.41) is 2.69. The summed E-state index contributed by atoms with van der Waals surface area (Å²) in [7, 11) is -1.94. The van der Waals surface area contributed by atoms with Crippen molar-refractivity contribution in [3.8, 4) is 0 Å². The van der Waals surface area contributed by atoms with E-state index in [-0.39, 0.29) is 17.3 Å². The zero-order chi connectivity index (χ0) is 23.4. The van der Waals surface area contributed by atoms with Gasteiger partial charge in [-0.1, -0.05) is 12.1 Å². The van der Waals surface area contributed by atoms with Crippen LogP contribution in [0, 0.1) is 0 Å². The number of halogens is 3. The Bertz CT molecular complexity index is 1020. The lowest BCUT2D eigenvalue weighted by Crippen LogP contribution is -2.40. The van der Waals surface area contributed by atoms with E-state index < -0.39 is 21.8 Å². The molecule has 0 radical (unpaired) electrons. The first-order valence-corrected chi connectivity index (χ1v) is 11.3. The highest BCUT2D eigenvalue weighted by Crippen LogP contribution is 2.29. The van der Waals surface area contributed by atoms with Gasteiger partial charge in [0.25, 0.3) is 0 Å². The Labute approximate surface area is 184 Å². The quantitative estimate of drug-likeness (QED) is 0.672. The number of nitrogens with zero attached hydrogens (tertiary/aromatic N) is 2. The number of carbonyl (C=O) groups excluding carboxylic acids is 1. The molecule has 1 heterocycles. The molecule has 1 fully saturated rings. The third-order valence-corrected chi connectivity index (χ3v) is 6.81. The van der Waals surface area contributed by atoms with Crippen LogP contribution in [-0.2, 0) is 32.3 Å². The van der Waals surface area contributed by atoms with Gasteiger partial charge in [-0.05, 0) is 49.0 Å². The first-order chi connectivity index (χ1) is 15.1. The predicted octanol–water partition coefficient (Wildman–Crippen LogP) is 2.80. The van der Waals surface area contributed by atoms with E-state index in [1.807, 2.05) is 0 Å². The van der Waals surface area contributed by atoms with Crippen molar-refractivity contribution in [2.75, 3.05) is 45.2 Å². The van der Waals surface area contributed by atoms with Gasteiger partial charge >= 0.3 is 6.18 Å². The number of hydrogen-bond donors (Lipinski definition) is 1. The van der Waals surface area contributed by atoms with E-state index in [0.29, 0.717) is 44.1 Å². The van der Waals surface area contributed by atoms with Crippen molar-refractivity contribution < 1.29 is 31.1 Å². The molecule has 1 saturated heterocycles. The average molecular weight is 472 g/mol. The smallest absolute Gasteiger partial charge is 0.379 e. The minimum atomic E-state index is -4.39. The number of hydrogen-bond acceptors (Lipinski definition) is 5. The Hall–Kier alpha value is -2.47. The molecule has 1 aliphatic rings. The minimum Gasteiger partial charge on any atom is -0.379 e. The molecule has 7 nitrogen and oxygen atoms in total. The summed E-state index contributed by atoms with van der Waals surface area (Å²) in [5.41, 5.74) is 0.366. The normalized spacial score (nSPS) is 15.7. The van der Waals surface area contributed by atoms with Gasteiger partial charge < -0.3 is 10.1 Å². The van der Waals surface area contributed by atoms with Crippen molar-refractivity contribution in [2.45, 2.75) is 17.6 Å². The van der Waals surface area contributed by atoms with E-state index in [0.717, 1.165) is 12.1 Å². The molecular weight excluding hydrogens is 447 g/mol. The van der Waals surface area contributed by atoms with Gasteiger partial charge in [0.05, 0.1) is 30.2 Å². The maximum absolute atomic E-state index is 12.6. The fourth-order valence-corrected chi connectivity index (χ4v) is 4.67. The van der Waals surface area contributed by atoms with Gasteiger partial charge in [-0.3, -0.25) is 9.69 Å². The third kappa shape index (κ3) is 6.28. The lowest BCUT2D eigenvalue weighted by Gasteiger charge is -2.26. The van der Waals surface area contributed by atoms with Crippen LogP contribution < -0.4 is 5.32 Å². The minimum absolute atomic E-state index is 0.00878. The monoisotopic (exact) mass is 471 g/mol. The molecule has 1 N–H and O–H groups in total. The fraction of sp³-hybridized carbons (Fsp3) is 0.381. The number of carbonyl (C=O) groups is 1. The zero-order valence-electron chi connectivity index (χ0n) is 17.4. The van der Waals surface area contributed by atoms with Crippen LogP contribution in [0.4, 0.5) is 18.9 Å². The number of nitrogens with one attached hydrogen (secondary N) is 1. The van der Waals surface area contributed by atoms with E-state index in [2.05, 4.69) is 5.32 Å². The van der Waals surface area contributed by atoms with Crippen molar-refractivity contribution in [3.63, 3.8) is 0 Å². The second kappa shape index (κ2) is 9.99. The van der Waals surface area contributed by atoms with Gasteiger partial charge in [0.1, 0.15) is 0 Å². The lowest BCUT2D eigenvalue weighted by molar-refractivity contribution is -0.137. The molecule has 0 saturated carbocycles. The van der Waals surface area contributed by atoms with Gasteiger partial charge in [0, 0.05) is 25.3 Å². The van der Waals surface area contributed by atoms with E-state index in [9.17, 15) is 26.4 Å². The second-order valence-electron chi connectivity index (χ2n) is 7.46. The zero-order valence-corrected chi connectivity index (χ0v) is 18.2. The predicted molar refractivity (Wildman–Crippen MR) is 112 cm³/mol. The third-order valence-electron chi connectivity index (χ3n) is 4.89. The van der Waals surface area contributed by atoms with Crippen molar-refractivity contribution in [1.82, 2.24) is 9.21 Å². The van der Waals surface area contributed by atoms with Crippen LogP contribution in [0.2, 0.25) is 0 Å². The molecular formula is C21H24F3N3O4S. The van der Waals surface area contributed by atoms with Crippen LogP contribution in [0.5, 0.6) is 0 Å². The Morgan fingerprint density at radius 3 is 2.22 bits per heavy atom. The fourth-order valence-electron chi connectivity index (χ4n) is 3.26. The van der Waals surface area contributed by atoms with E-state index in [1.54, 1.807) is 11.9 Å². The van der Waals surface area contributed by atoms with Crippen molar-refractivity contribution in [3.05, 3.63) is 59.7 Å². The van der Waals surface area contributed by atoms with Crippen molar-refractivity contribution in [1.29, 1.82) is 0 Å². The SMILES string of the molecule is CN(CC(=O)Nc1ccc(S(=O)(=O)N2CCOCC2)cc1)Cc1ccc(C(F)(F)F)cc1. The molecule has 3 rings (SSSR count). The molecule has 174 valence electrons. The number of alkyl halides is 3. The highest BCUT2D eigenvalue weighted by Gasteiger charge is 2.30. The van der Waals surface area contributed by atoms with Crippen LogP contribution in [-0.4, -0.2) is 63.4 Å². The number of amides is 1. The Morgan fingerprint density at radius 2 is 1.66 bits per heavy atom. The molecule has 0 bridgehead atoms. The maximum Gasteiger partial charge on any atom is 0.416 e. The highest BCUT2D eigenvalue weighted by atomic mass is 32.2. The van der Waals surface area contributed by atoms with Crippen LogP contribution >= 0.6 is 0 Å². The summed E-state index contributed by atoms with van der Waals surface area (Å²) in [6.07, 6.45) is -4.39. The summed E-state index contributed by atoms with van der Waals surface area (Å²) >= 11 is 0. The Balaban J connectivity index is 1.53. The topological polar surface area (TPSA) is 79.0 Å². The van der Waals surface area contributed by atoms with E-state index in [1.165, 1.54) is 40.7 Å². The highest BCUT2D eigenvalue weighted by molar-refractivity contribution is 7.89. The number of likely N-dealkylation sites (N-methyl/N-ethyl adjacent to an activating group) is 1. The summed E-state index contributed by atoms with van der Waals surface area (Å²) < 4.78 is 69.7. The summed E-state index contributed by atoms with van der Waals surface area (Å²) in [6.45, 7) is 1.61. The van der Waals surface area contributed by atoms with Gasteiger partial charge in [-0.15, -0.1) is 0 Å². The first kappa shape index (κ1) is 24.2. The molecule has 2 aromatic rings. The number of rotatable bonds is 7. The van der Waals surface area contributed by atoms with Gasteiger partial charge in [-0.2, -0.15) is 17.5 Å². The molecule has 2 aromatic carbocycles. The van der Waals surface area contributed by atoms with E-state index >= 15 is 0 Å². The number of benzene rings is 2. The Morgan fingerprint density at radius 1 is 1.06 bits per heavy atom. The van der Waals surface area contributed by atoms with Gasteiger partial charge in [0.15, 0.2) is 0 Å². The Kier molecular flexibility index (Phi) is 7.55. The second-order valence-corrected chi connectivity index (χ2v) is 9.39. The molecule has 1 amide bonds. The standard InChI is InChI=1S/C21H24F3N3O4S/c1-26(14-16-2-4-17(5-3-16)21(22,23)24)15-20(28)25-18-6-8-19(9-7-18)32(29,30)27-10-12-31-13-11-27/h2-9H,10-15H2,1H3,(H,25,28). The molecule has 1 aliphatic heterocycles. The molecule has 0 aliphatic carbocycles. The molecule has 32 heavy (non-hydrogen) atoms. The summed E-state index contributed by atoms with van der Waals surface area (Å²) in [4.78, 5) is 14.1. The first-order valence-electron chi connectivity index (χ1n) is 9.88. The molecule has 0 atom stereocenters.